The molecule has 10 heteroatoms. The number of nitrogens with zero attached hydrogens (tertiary/aromatic N) is 4. The van der Waals surface area contributed by atoms with Crippen LogP contribution in [0.15, 0.2) is 36.7 Å². The van der Waals surface area contributed by atoms with E-state index in [1.54, 1.807) is 16.9 Å². The first-order valence-electron chi connectivity index (χ1n) is 10.9. The molecule has 4 rings (SSSR count). The van der Waals surface area contributed by atoms with Crippen LogP contribution in [0.5, 0.6) is 0 Å². The summed E-state index contributed by atoms with van der Waals surface area (Å²) in [5, 5.41) is 10.4. The standard InChI is InChI=1S/C23H27FN6O3/c1-15(2)30-22-16(14-26-30)11-17(13-25-22)23(32)27-18-3-4-19(24)20(12-18)28-21(31)5-6-29-7-9-33-10-8-29/h3-4,11-15H,5-10H2,1-2H3,(H,27,32)(H,28,31). The number of halogens is 1. The van der Waals surface area contributed by atoms with Gasteiger partial charge in [-0.25, -0.2) is 14.1 Å². The van der Waals surface area contributed by atoms with E-state index in [1.807, 2.05) is 13.8 Å². The van der Waals surface area contributed by atoms with Crippen LogP contribution in [-0.4, -0.2) is 64.3 Å². The molecular weight excluding hydrogens is 427 g/mol. The molecule has 0 unspecified atom stereocenters. The molecule has 2 amide bonds. The average molecular weight is 455 g/mol. The van der Waals surface area contributed by atoms with Crippen LogP contribution in [0.4, 0.5) is 15.8 Å². The molecule has 33 heavy (non-hydrogen) atoms. The number of rotatable bonds is 7. The van der Waals surface area contributed by atoms with Gasteiger partial charge in [0.25, 0.3) is 5.91 Å². The van der Waals surface area contributed by atoms with E-state index < -0.39 is 11.7 Å². The maximum Gasteiger partial charge on any atom is 0.257 e. The van der Waals surface area contributed by atoms with Crippen LogP contribution < -0.4 is 10.6 Å². The van der Waals surface area contributed by atoms with Gasteiger partial charge in [-0.1, -0.05) is 0 Å². The van der Waals surface area contributed by atoms with Crippen LogP contribution in [0, 0.1) is 5.82 Å². The first-order chi connectivity index (χ1) is 15.9. The number of hydrogen-bond donors (Lipinski definition) is 2. The molecule has 2 N–H and O–H groups in total. The van der Waals surface area contributed by atoms with E-state index in [1.165, 1.54) is 24.4 Å². The molecule has 2 aromatic heterocycles. The van der Waals surface area contributed by atoms with E-state index in [0.29, 0.717) is 36.7 Å². The molecule has 1 saturated heterocycles. The van der Waals surface area contributed by atoms with Gasteiger partial charge in [-0.3, -0.25) is 14.5 Å². The third kappa shape index (κ3) is 5.52. The van der Waals surface area contributed by atoms with E-state index in [-0.39, 0.29) is 24.1 Å². The Morgan fingerprint density at radius 1 is 1.15 bits per heavy atom. The molecule has 1 aromatic carbocycles. The van der Waals surface area contributed by atoms with Crippen LogP contribution in [0.25, 0.3) is 11.0 Å². The fourth-order valence-corrected chi connectivity index (χ4v) is 3.64. The van der Waals surface area contributed by atoms with E-state index in [4.69, 9.17) is 4.74 Å². The molecule has 0 spiro atoms. The zero-order chi connectivity index (χ0) is 23.4. The summed E-state index contributed by atoms with van der Waals surface area (Å²) in [6.45, 7) is 7.45. The average Bonchev–Trinajstić information content (AvgIpc) is 3.24. The number of fused-ring (bicyclic) bond motifs is 1. The number of hydrogen-bond acceptors (Lipinski definition) is 6. The molecule has 0 bridgehead atoms. The summed E-state index contributed by atoms with van der Waals surface area (Å²) >= 11 is 0. The Kier molecular flexibility index (Phi) is 6.95. The monoisotopic (exact) mass is 454 g/mol. The fourth-order valence-electron chi connectivity index (χ4n) is 3.64. The number of morpholine rings is 1. The third-order valence-corrected chi connectivity index (χ3v) is 5.44. The zero-order valence-corrected chi connectivity index (χ0v) is 18.7. The number of pyridine rings is 1. The number of benzene rings is 1. The number of anilines is 2. The molecule has 174 valence electrons. The quantitative estimate of drug-likeness (QED) is 0.569. The predicted octanol–water partition coefficient (Wildman–Crippen LogP) is 3.06. The van der Waals surface area contributed by atoms with Gasteiger partial charge in [0.05, 0.1) is 30.7 Å². The molecule has 0 radical (unpaired) electrons. The largest absolute Gasteiger partial charge is 0.379 e. The van der Waals surface area contributed by atoms with Gasteiger partial charge in [0.1, 0.15) is 5.82 Å². The Morgan fingerprint density at radius 2 is 1.94 bits per heavy atom. The minimum absolute atomic E-state index is 0.0200. The van der Waals surface area contributed by atoms with Gasteiger partial charge in [-0.2, -0.15) is 5.10 Å². The fraction of sp³-hybridized carbons (Fsp3) is 0.391. The van der Waals surface area contributed by atoms with Crippen molar-refractivity contribution in [2.24, 2.45) is 0 Å². The highest BCUT2D eigenvalue weighted by atomic mass is 19.1. The molecule has 1 aliphatic heterocycles. The molecule has 0 saturated carbocycles. The van der Waals surface area contributed by atoms with E-state index in [2.05, 4.69) is 25.6 Å². The van der Waals surface area contributed by atoms with E-state index >= 15 is 0 Å². The van der Waals surface area contributed by atoms with Crippen molar-refractivity contribution in [1.29, 1.82) is 0 Å². The van der Waals surface area contributed by atoms with Gasteiger partial charge in [0, 0.05) is 49.4 Å². The van der Waals surface area contributed by atoms with Crippen molar-refractivity contribution < 1.29 is 18.7 Å². The highest BCUT2D eigenvalue weighted by Gasteiger charge is 2.15. The van der Waals surface area contributed by atoms with Gasteiger partial charge < -0.3 is 15.4 Å². The maximum atomic E-state index is 14.3. The summed E-state index contributed by atoms with van der Waals surface area (Å²) in [6.07, 6.45) is 3.39. The summed E-state index contributed by atoms with van der Waals surface area (Å²) in [5.41, 5.74) is 1.44. The van der Waals surface area contributed by atoms with Crippen LogP contribution in [-0.2, 0) is 9.53 Å². The summed E-state index contributed by atoms with van der Waals surface area (Å²) in [5.74, 6) is -1.25. The predicted molar refractivity (Wildman–Crippen MR) is 123 cm³/mol. The topological polar surface area (TPSA) is 101 Å². The van der Waals surface area contributed by atoms with E-state index in [0.717, 1.165) is 18.5 Å². The Bertz CT molecular complexity index is 1160. The van der Waals surface area contributed by atoms with Crippen molar-refractivity contribution in [2.45, 2.75) is 26.3 Å². The number of carbonyl (C=O) groups is 2. The third-order valence-electron chi connectivity index (χ3n) is 5.44. The van der Waals surface area contributed by atoms with Crippen molar-refractivity contribution in [3.8, 4) is 0 Å². The van der Waals surface area contributed by atoms with Gasteiger partial charge in [0.15, 0.2) is 5.65 Å². The highest BCUT2D eigenvalue weighted by molar-refractivity contribution is 6.06. The SMILES string of the molecule is CC(C)n1ncc2cc(C(=O)Nc3ccc(F)c(NC(=O)CCN4CCOCC4)c3)cnc21. The van der Waals surface area contributed by atoms with Crippen LogP contribution >= 0.6 is 0 Å². The summed E-state index contributed by atoms with van der Waals surface area (Å²) < 4.78 is 21.3. The second kappa shape index (κ2) is 10.1. The van der Waals surface area contributed by atoms with Crippen molar-refractivity contribution in [3.05, 3.63) is 48.0 Å². The molecule has 1 aliphatic rings. The Balaban J connectivity index is 1.40. The molecule has 9 nitrogen and oxygen atoms in total. The van der Waals surface area contributed by atoms with Crippen molar-refractivity contribution >= 4 is 34.2 Å². The normalized spacial score (nSPS) is 14.5. The molecule has 0 atom stereocenters. The van der Waals surface area contributed by atoms with Crippen LogP contribution in [0.3, 0.4) is 0 Å². The summed E-state index contributed by atoms with van der Waals surface area (Å²) in [7, 11) is 0. The number of amides is 2. The molecule has 3 heterocycles. The van der Waals surface area contributed by atoms with Crippen LogP contribution in [0.2, 0.25) is 0 Å². The van der Waals surface area contributed by atoms with Gasteiger partial charge in [-0.05, 0) is 38.1 Å². The van der Waals surface area contributed by atoms with Gasteiger partial charge in [-0.15, -0.1) is 0 Å². The van der Waals surface area contributed by atoms with Crippen molar-refractivity contribution in [3.63, 3.8) is 0 Å². The van der Waals surface area contributed by atoms with Crippen LogP contribution in [0.1, 0.15) is 36.7 Å². The van der Waals surface area contributed by atoms with E-state index in [9.17, 15) is 14.0 Å². The lowest BCUT2D eigenvalue weighted by Gasteiger charge is -2.26. The zero-order valence-electron chi connectivity index (χ0n) is 18.7. The van der Waals surface area contributed by atoms with Gasteiger partial charge >= 0.3 is 0 Å². The number of nitrogens with one attached hydrogen (secondary N) is 2. The Morgan fingerprint density at radius 3 is 2.70 bits per heavy atom. The molecule has 3 aromatic rings. The Hall–Kier alpha value is -3.37. The Labute approximate surface area is 190 Å². The summed E-state index contributed by atoms with van der Waals surface area (Å²) in [4.78, 5) is 31.5. The number of carbonyl (C=O) groups excluding carboxylic acids is 2. The minimum Gasteiger partial charge on any atom is -0.379 e. The second-order valence-electron chi connectivity index (χ2n) is 8.22. The lowest BCUT2D eigenvalue weighted by atomic mass is 10.2. The molecular formula is C23H27FN6O3. The maximum absolute atomic E-state index is 14.3. The first-order valence-corrected chi connectivity index (χ1v) is 10.9. The summed E-state index contributed by atoms with van der Waals surface area (Å²) in [6, 6.07) is 5.92. The minimum atomic E-state index is -0.572. The lowest BCUT2D eigenvalue weighted by molar-refractivity contribution is -0.116. The highest BCUT2D eigenvalue weighted by Crippen LogP contribution is 2.22. The van der Waals surface area contributed by atoms with Crippen molar-refractivity contribution in [2.75, 3.05) is 43.5 Å². The number of ether oxygens (including phenoxy) is 1. The van der Waals surface area contributed by atoms with Gasteiger partial charge in [0.2, 0.25) is 5.91 Å². The smallest absolute Gasteiger partial charge is 0.257 e. The second-order valence-corrected chi connectivity index (χ2v) is 8.22. The lowest BCUT2D eigenvalue weighted by Crippen LogP contribution is -2.38. The van der Waals surface area contributed by atoms with Crippen molar-refractivity contribution in [1.82, 2.24) is 19.7 Å². The first kappa shape index (κ1) is 22.8. The molecule has 1 fully saturated rings. The molecule has 0 aliphatic carbocycles. The number of aromatic nitrogens is 3.